The molecule has 0 aromatic rings. The summed E-state index contributed by atoms with van der Waals surface area (Å²) in [6.07, 6.45) is -1.30. The predicted octanol–water partition coefficient (Wildman–Crippen LogP) is -1.42. The molecule has 8 nitrogen and oxygen atoms in total. The molecule has 108 valence electrons. The molecule has 0 aromatic heterocycles. The van der Waals surface area contributed by atoms with Crippen LogP contribution >= 0.6 is 0 Å². The molecule has 0 unspecified atom stereocenters. The summed E-state index contributed by atoms with van der Waals surface area (Å²) in [7, 11) is 5.13. The third kappa shape index (κ3) is 1.61. The van der Waals surface area contributed by atoms with Gasteiger partial charge in [-0.05, 0) is 0 Å². The molecule has 1 N–H and O–H groups in total. The number of hydrogen-bond donors (Lipinski definition) is 1. The first-order valence-electron chi connectivity index (χ1n) is 5.71. The number of likely N-dealkylation sites (N-methyl/N-ethyl adjacent to an activating group) is 2. The molecule has 0 saturated heterocycles. The zero-order chi connectivity index (χ0) is 15.2. The summed E-state index contributed by atoms with van der Waals surface area (Å²) in [6.45, 7) is 0. The number of carbonyl (C=O) groups is 3. The van der Waals surface area contributed by atoms with Crippen LogP contribution in [0.3, 0.4) is 0 Å². The van der Waals surface area contributed by atoms with Gasteiger partial charge in [0, 0.05) is 14.1 Å². The Labute approximate surface area is 114 Å². The van der Waals surface area contributed by atoms with Crippen molar-refractivity contribution >= 4 is 17.7 Å². The number of methoxy groups -OCH3 is 2. The molecule has 1 atom stereocenters. The number of rotatable bonds is 3. The number of hydrogen-bond acceptors (Lipinski definition) is 6. The second kappa shape index (κ2) is 4.64. The highest BCUT2D eigenvalue weighted by molar-refractivity contribution is 6.25. The molecule has 3 amide bonds. The van der Waals surface area contributed by atoms with E-state index >= 15 is 0 Å². The lowest BCUT2D eigenvalue weighted by atomic mass is 10.1. The van der Waals surface area contributed by atoms with Gasteiger partial charge in [-0.1, -0.05) is 0 Å². The van der Waals surface area contributed by atoms with Crippen molar-refractivity contribution in [1.29, 1.82) is 0 Å². The molecule has 0 saturated carbocycles. The van der Waals surface area contributed by atoms with E-state index in [4.69, 9.17) is 9.47 Å². The van der Waals surface area contributed by atoms with Crippen LogP contribution in [0.15, 0.2) is 22.7 Å². The highest BCUT2D eigenvalue weighted by atomic mass is 16.5. The number of ether oxygens (including phenoxy) is 2. The second-order valence-corrected chi connectivity index (χ2v) is 4.31. The van der Waals surface area contributed by atoms with Crippen LogP contribution < -0.4 is 0 Å². The Morgan fingerprint density at radius 2 is 1.55 bits per heavy atom. The van der Waals surface area contributed by atoms with Gasteiger partial charge in [0.25, 0.3) is 17.7 Å². The van der Waals surface area contributed by atoms with Crippen LogP contribution in [-0.4, -0.2) is 67.2 Å². The third-order valence-electron chi connectivity index (χ3n) is 3.30. The summed E-state index contributed by atoms with van der Waals surface area (Å²) < 4.78 is 9.92. The molecule has 0 aromatic carbocycles. The number of amides is 3. The smallest absolute Gasteiger partial charge is 0.296 e. The maximum Gasteiger partial charge on any atom is 0.296 e. The second-order valence-electron chi connectivity index (χ2n) is 4.31. The van der Waals surface area contributed by atoms with Gasteiger partial charge >= 0.3 is 0 Å². The van der Waals surface area contributed by atoms with Crippen molar-refractivity contribution in [3.05, 3.63) is 22.7 Å². The van der Waals surface area contributed by atoms with Crippen molar-refractivity contribution in [2.24, 2.45) is 0 Å². The van der Waals surface area contributed by atoms with Gasteiger partial charge in [-0.3, -0.25) is 19.3 Å². The lowest BCUT2D eigenvalue weighted by molar-refractivity contribution is -0.137. The summed E-state index contributed by atoms with van der Waals surface area (Å²) in [5.74, 6) is -2.26. The van der Waals surface area contributed by atoms with E-state index in [1.165, 1.54) is 28.3 Å². The Kier molecular flexibility index (Phi) is 3.26. The molecule has 0 radical (unpaired) electrons. The summed E-state index contributed by atoms with van der Waals surface area (Å²) in [5.41, 5.74) is -0.340. The molecular formula is C12H14N2O6. The van der Waals surface area contributed by atoms with Crippen molar-refractivity contribution in [3.63, 3.8) is 0 Å². The largest absolute Gasteiger partial charge is 0.495 e. The van der Waals surface area contributed by atoms with Gasteiger partial charge in [0.2, 0.25) is 0 Å². The van der Waals surface area contributed by atoms with Gasteiger partial charge in [-0.25, -0.2) is 0 Å². The quantitative estimate of drug-likeness (QED) is 0.638. The summed E-state index contributed by atoms with van der Waals surface area (Å²) >= 11 is 0. The number of nitrogens with zero attached hydrogens (tertiary/aromatic N) is 2. The van der Waals surface area contributed by atoms with Crippen LogP contribution in [0.5, 0.6) is 0 Å². The molecule has 0 bridgehead atoms. The average Bonchev–Trinajstić information content (AvgIpc) is 2.78. The molecule has 2 aliphatic rings. The molecular weight excluding hydrogens is 268 g/mol. The van der Waals surface area contributed by atoms with Gasteiger partial charge in [0.15, 0.2) is 17.7 Å². The summed E-state index contributed by atoms with van der Waals surface area (Å²) in [4.78, 5) is 38.0. The Morgan fingerprint density at radius 1 is 0.950 bits per heavy atom. The van der Waals surface area contributed by atoms with Gasteiger partial charge in [0.1, 0.15) is 5.57 Å². The highest BCUT2D eigenvalue weighted by Crippen LogP contribution is 2.34. The van der Waals surface area contributed by atoms with E-state index in [9.17, 15) is 19.5 Å². The van der Waals surface area contributed by atoms with E-state index < -0.39 is 23.9 Å². The fourth-order valence-corrected chi connectivity index (χ4v) is 2.16. The fourth-order valence-electron chi connectivity index (χ4n) is 2.16. The summed E-state index contributed by atoms with van der Waals surface area (Å²) in [5, 5.41) is 9.88. The van der Waals surface area contributed by atoms with Crippen molar-refractivity contribution in [1.82, 2.24) is 9.80 Å². The molecule has 2 rings (SSSR count). The highest BCUT2D eigenvalue weighted by Gasteiger charge is 2.47. The van der Waals surface area contributed by atoms with Gasteiger partial charge in [0.05, 0.1) is 19.8 Å². The van der Waals surface area contributed by atoms with Crippen molar-refractivity contribution in [2.45, 2.75) is 6.23 Å². The maximum atomic E-state index is 12.1. The van der Waals surface area contributed by atoms with Crippen LogP contribution in [0.1, 0.15) is 0 Å². The molecule has 2 aliphatic heterocycles. The minimum absolute atomic E-state index is 0.0847. The van der Waals surface area contributed by atoms with Gasteiger partial charge in [-0.15, -0.1) is 0 Å². The van der Waals surface area contributed by atoms with E-state index in [0.717, 1.165) is 9.80 Å². The minimum atomic E-state index is -1.30. The van der Waals surface area contributed by atoms with E-state index in [1.54, 1.807) is 0 Å². The van der Waals surface area contributed by atoms with E-state index in [1.807, 2.05) is 0 Å². The Hall–Kier alpha value is -2.35. The van der Waals surface area contributed by atoms with Crippen LogP contribution in [0.2, 0.25) is 0 Å². The van der Waals surface area contributed by atoms with E-state index in [2.05, 4.69) is 0 Å². The maximum absolute atomic E-state index is 12.1. The normalized spacial score (nSPS) is 23.4. The lowest BCUT2D eigenvalue weighted by Gasteiger charge is -2.15. The van der Waals surface area contributed by atoms with Crippen molar-refractivity contribution < 1.29 is 29.0 Å². The van der Waals surface area contributed by atoms with Crippen LogP contribution in [-0.2, 0) is 23.9 Å². The zero-order valence-electron chi connectivity index (χ0n) is 11.5. The first-order valence-corrected chi connectivity index (χ1v) is 5.71. The minimum Gasteiger partial charge on any atom is -0.495 e. The molecule has 0 aliphatic carbocycles. The van der Waals surface area contributed by atoms with Crippen molar-refractivity contribution in [2.75, 3.05) is 28.3 Å². The topological polar surface area (TPSA) is 96.4 Å². The summed E-state index contributed by atoms with van der Waals surface area (Å²) in [6, 6.07) is 0. The lowest BCUT2D eigenvalue weighted by Crippen LogP contribution is -2.32. The molecule has 2 heterocycles. The Bertz CT molecular complexity index is 576. The predicted molar refractivity (Wildman–Crippen MR) is 64.6 cm³/mol. The van der Waals surface area contributed by atoms with E-state index in [0.29, 0.717) is 0 Å². The van der Waals surface area contributed by atoms with Gasteiger partial charge in [-0.2, -0.15) is 0 Å². The number of aliphatic hydroxyl groups is 1. The fraction of sp³-hybridized carbons (Fsp3) is 0.417. The van der Waals surface area contributed by atoms with Crippen LogP contribution in [0.25, 0.3) is 0 Å². The zero-order valence-corrected chi connectivity index (χ0v) is 11.5. The molecule has 20 heavy (non-hydrogen) atoms. The SMILES string of the molecule is COC1=C(C2=C(OC)[C@H](O)N(C)C2=O)C(=O)N(C)C1=O. The number of imide groups is 1. The first kappa shape index (κ1) is 14.1. The van der Waals surface area contributed by atoms with Crippen LogP contribution in [0, 0.1) is 0 Å². The Balaban J connectivity index is 2.68. The Morgan fingerprint density at radius 3 is 2.05 bits per heavy atom. The third-order valence-corrected chi connectivity index (χ3v) is 3.30. The monoisotopic (exact) mass is 282 g/mol. The standard InChI is InChI=1S/C12H14N2O6/c1-13-9(15)5(7(19-3)11(13)17)6-8(20-4)12(18)14(2)10(6)16/h11,17H,1-4H3/t11-/m0/s1. The van der Waals surface area contributed by atoms with Gasteiger partial charge < -0.3 is 19.5 Å². The van der Waals surface area contributed by atoms with E-state index in [-0.39, 0.29) is 22.7 Å². The molecule has 8 heteroatoms. The number of carbonyl (C=O) groups excluding carboxylic acids is 3. The first-order chi connectivity index (χ1) is 9.36. The number of aliphatic hydroxyl groups excluding tert-OH is 1. The van der Waals surface area contributed by atoms with Crippen molar-refractivity contribution in [3.8, 4) is 0 Å². The molecule has 0 fully saturated rings. The average molecular weight is 282 g/mol. The molecule has 0 spiro atoms. The van der Waals surface area contributed by atoms with Crippen LogP contribution in [0.4, 0.5) is 0 Å².